The fraction of sp³-hybridized carbons (Fsp3) is 0.238. The summed E-state index contributed by atoms with van der Waals surface area (Å²) in [6.07, 6.45) is 0.712. The molecule has 2 heterocycles. The molecule has 0 saturated heterocycles. The highest BCUT2D eigenvalue weighted by Crippen LogP contribution is 2.27. The third kappa shape index (κ3) is 3.96. The van der Waals surface area contributed by atoms with Crippen molar-refractivity contribution in [3.63, 3.8) is 0 Å². The van der Waals surface area contributed by atoms with E-state index in [0.717, 1.165) is 11.1 Å². The van der Waals surface area contributed by atoms with Gasteiger partial charge in [-0.25, -0.2) is 14.2 Å². The fourth-order valence-corrected chi connectivity index (χ4v) is 3.57. The largest absolute Gasteiger partial charge is 0.375 e. The van der Waals surface area contributed by atoms with Gasteiger partial charge in [-0.1, -0.05) is 30.7 Å². The van der Waals surface area contributed by atoms with Crippen LogP contribution in [0, 0.1) is 5.82 Å². The Labute approximate surface area is 175 Å². The molecule has 0 radical (unpaired) electrons. The summed E-state index contributed by atoms with van der Waals surface area (Å²) >= 11 is 6.33. The predicted molar refractivity (Wildman–Crippen MR) is 111 cm³/mol. The summed E-state index contributed by atoms with van der Waals surface area (Å²) in [5, 5.41) is 0.556. The number of rotatable bonds is 6. The van der Waals surface area contributed by atoms with Crippen LogP contribution in [0.25, 0.3) is 22.6 Å². The topological polar surface area (TPSA) is 89.9 Å². The molecule has 0 amide bonds. The molecule has 30 heavy (non-hydrogen) atoms. The van der Waals surface area contributed by atoms with Gasteiger partial charge in [0.1, 0.15) is 5.82 Å². The highest BCUT2D eigenvalue weighted by Gasteiger charge is 2.19. The molecule has 0 aliphatic carbocycles. The Hall–Kier alpha value is -3.10. The van der Waals surface area contributed by atoms with Gasteiger partial charge in [0.05, 0.1) is 24.2 Å². The van der Waals surface area contributed by atoms with Crippen molar-refractivity contribution in [2.45, 2.75) is 26.5 Å². The third-order valence-electron chi connectivity index (χ3n) is 4.80. The third-order valence-corrected chi connectivity index (χ3v) is 5.15. The minimum absolute atomic E-state index is 0.0564. The van der Waals surface area contributed by atoms with Crippen LogP contribution < -0.4 is 11.2 Å². The Bertz CT molecular complexity index is 1300. The summed E-state index contributed by atoms with van der Waals surface area (Å²) in [7, 11) is 0. The Balaban J connectivity index is 1.72. The lowest BCUT2D eigenvalue weighted by atomic mass is 10.1. The van der Waals surface area contributed by atoms with Crippen molar-refractivity contribution in [1.82, 2.24) is 19.5 Å². The normalized spacial score (nSPS) is 11.4. The van der Waals surface area contributed by atoms with Gasteiger partial charge in [-0.05, 0) is 41.8 Å². The predicted octanol–water partition coefficient (Wildman–Crippen LogP) is 3.16. The Kier molecular flexibility index (Phi) is 5.61. The van der Waals surface area contributed by atoms with E-state index in [1.54, 1.807) is 22.8 Å². The number of aromatic amines is 1. The van der Waals surface area contributed by atoms with Crippen molar-refractivity contribution < 1.29 is 9.13 Å². The molecule has 7 nitrogen and oxygen atoms in total. The average Bonchev–Trinajstić information content (AvgIpc) is 2.72. The highest BCUT2D eigenvalue weighted by molar-refractivity contribution is 6.32. The van der Waals surface area contributed by atoms with E-state index in [4.69, 9.17) is 16.3 Å². The van der Waals surface area contributed by atoms with Crippen molar-refractivity contribution in [3.8, 4) is 11.5 Å². The molecule has 0 saturated carbocycles. The molecule has 154 valence electrons. The second kappa shape index (κ2) is 8.33. The zero-order valence-electron chi connectivity index (χ0n) is 16.1. The van der Waals surface area contributed by atoms with E-state index in [-0.39, 0.29) is 23.9 Å². The average molecular weight is 429 g/mol. The smallest absolute Gasteiger partial charge is 0.349 e. The molecule has 0 spiro atoms. The number of benzene rings is 2. The number of fused-ring (bicyclic) bond motifs is 2. The van der Waals surface area contributed by atoms with Gasteiger partial charge >= 0.3 is 5.69 Å². The van der Waals surface area contributed by atoms with Gasteiger partial charge in [-0.15, -0.1) is 0 Å². The summed E-state index contributed by atoms with van der Waals surface area (Å²) in [4.78, 5) is 34.6. The minimum Gasteiger partial charge on any atom is -0.375 e. The Morgan fingerprint density at radius 3 is 2.67 bits per heavy atom. The molecule has 0 aromatic heterocycles. The molecule has 9 heteroatoms. The lowest BCUT2D eigenvalue weighted by Crippen LogP contribution is -2.29. The number of nitrogens with zero attached hydrogens (tertiary/aromatic N) is 3. The van der Waals surface area contributed by atoms with Crippen LogP contribution in [0.4, 0.5) is 4.39 Å². The van der Waals surface area contributed by atoms with Gasteiger partial charge < -0.3 is 9.30 Å². The maximum absolute atomic E-state index is 13.0. The molecule has 2 aliphatic heterocycles. The van der Waals surface area contributed by atoms with Crippen molar-refractivity contribution in [2.24, 2.45) is 0 Å². The molecular weight excluding hydrogens is 411 g/mol. The fourth-order valence-electron chi connectivity index (χ4n) is 3.28. The molecule has 0 atom stereocenters. The summed E-state index contributed by atoms with van der Waals surface area (Å²) in [5.41, 5.74) is 1.69. The number of H-pyrrole nitrogens is 1. The highest BCUT2D eigenvalue weighted by atomic mass is 35.5. The second-order valence-electron chi connectivity index (χ2n) is 6.77. The van der Waals surface area contributed by atoms with Crippen LogP contribution in [0.2, 0.25) is 5.02 Å². The molecule has 2 aromatic carbocycles. The van der Waals surface area contributed by atoms with Gasteiger partial charge in [0.25, 0.3) is 5.56 Å². The van der Waals surface area contributed by atoms with Gasteiger partial charge in [0.2, 0.25) is 0 Å². The van der Waals surface area contributed by atoms with Crippen molar-refractivity contribution in [3.05, 3.63) is 79.2 Å². The molecule has 4 rings (SSSR count). The molecule has 0 unspecified atom stereocenters. The first-order valence-electron chi connectivity index (χ1n) is 9.41. The lowest BCUT2D eigenvalue weighted by Gasteiger charge is -2.18. The van der Waals surface area contributed by atoms with E-state index in [0.29, 0.717) is 35.6 Å². The minimum atomic E-state index is -0.737. The van der Waals surface area contributed by atoms with Crippen LogP contribution in [-0.4, -0.2) is 26.1 Å². The summed E-state index contributed by atoms with van der Waals surface area (Å²) in [6, 6.07) is 9.64. The van der Waals surface area contributed by atoms with E-state index >= 15 is 0 Å². The van der Waals surface area contributed by atoms with Crippen LogP contribution in [0.3, 0.4) is 0 Å². The van der Waals surface area contributed by atoms with Gasteiger partial charge in [0.15, 0.2) is 11.5 Å². The van der Waals surface area contributed by atoms with E-state index in [1.165, 1.54) is 12.1 Å². The molecule has 1 N–H and O–H groups in total. The molecule has 0 fully saturated rings. The number of hydrogen-bond donors (Lipinski definition) is 1. The van der Waals surface area contributed by atoms with Gasteiger partial charge in [0, 0.05) is 11.6 Å². The number of nitrogens with one attached hydrogen (secondary N) is 1. The van der Waals surface area contributed by atoms with Crippen LogP contribution in [0.15, 0.2) is 46.0 Å². The summed E-state index contributed by atoms with van der Waals surface area (Å²) in [5.74, 6) is -0.120. The number of hydrogen-bond acceptors (Lipinski definition) is 5. The van der Waals surface area contributed by atoms with Crippen LogP contribution in [-0.2, 0) is 24.3 Å². The molecule has 2 aliphatic rings. The Morgan fingerprint density at radius 2 is 1.93 bits per heavy atom. The van der Waals surface area contributed by atoms with E-state index in [9.17, 15) is 14.0 Å². The first kappa shape index (κ1) is 20.2. The SMILES string of the molecule is CCc1cc2c(cc1Cl)nc1c(=O)[nH]c(=O)nc-1n2CCOCc1ccc(F)cc1. The molecule has 2 aromatic rings. The number of aromatic nitrogens is 4. The van der Waals surface area contributed by atoms with E-state index < -0.39 is 11.2 Å². The van der Waals surface area contributed by atoms with Crippen LogP contribution in [0.1, 0.15) is 18.1 Å². The van der Waals surface area contributed by atoms with Crippen molar-refractivity contribution >= 4 is 22.6 Å². The zero-order chi connectivity index (χ0) is 21.3. The quantitative estimate of drug-likeness (QED) is 0.376. The Morgan fingerprint density at radius 1 is 1.17 bits per heavy atom. The number of ether oxygens (including phenoxy) is 1. The van der Waals surface area contributed by atoms with Crippen molar-refractivity contribution in [2.75, 3.05) is 6.61 Å². The van der Waals surface area contributed by atoms with Crippen LogP contribution in [0.5, 0.6) is 0 Å². The van der Waals surface area contributed by atoms with E-state index in [2.05, 4.69) is 15.0 Å². The first-order chi connectivity index (χ1) is 14.5. The summed E-state index contributed by atoms with van der Waals surface area (Å²) in [6.45, 7) is 2.89. The number of halogens is 2. The zero-order valence-corrected chi connectivity index (χ0v) is 16.9. The molecular formula is C21H18ClFN4O3. The van der Waals surface area contributed by atoms with Gasteiger partial charge in [-0.3, -0.25) is 9.78 Å². The van der Waals surface area contributed by atoms with Crippen LogP contribution >= 0.6 is 11.6 Å². The molecule has 0 bridgehead atoms. The van der Waals surface area contributed by atoms with Crippen molar-refractivity contribution in [1.29, 1.82) is 0 Å². The summed E-state index contributed by atoms with van der Waals surface area (Å²) < 4.78 is 20.5. The van der Waals surface area contributed by atoms with E-state index in [1.807, 2.05) is 13.0 Å². The lowest BCUT2D eigenvalue weighted by molar-refractivity contribution is 0.114. The first-order valence-corrected chi connectivity index (χ1v) is 9.79. The standard InChI is InChI=1S/C21H18ClFN4O3/c1-2-13-9-17-16(10-15(13)22)24-18-19(25-21(29)26-20(18)28)27(17)7-8-30-11-12-3-5-14(23)6-4-12/h3-6,9-10H,2,7-8,11H2,1H3,(H,26,28,29). The number of aryl methyl sites for hydroxylation is 1. The monoisotopic (exact) mass is 428 g/mol. The maximum atomic E-state index is 13.0. The maximum Gasteiger partial charge on any atom is 0.349 e. The second-order valence-corrected chi connectivity index (χ2v) is 7.18. The van der Waals surface area contributed by atoms with Gasteiger partial charge in [-0.2, -0.15) is 4.98 Å².